The third kappa shape index (κ3) is 1.37. The Kier molecular flexibility index (Phi) is 1.99. The van der Waals surface area contributed by atoms with Crippen LogP contribution in [0.15, 0.2) is 17.5 Å². The van der Waals surface area contributed by atoms with Gasteiger partial charge in [0.25, 0.3) is 5.91 Å². The molecule has 1 amide bonds. The van der Waals surface area contributed by atoms with E-state index in [1.807, 2.05) is 0 Å². The Hall–Kier alpha value is -1.78. The zero-order valence-electron chi connectivity index (χ0n) is 8.06. The molecule has 2 rings (SSSR count). The minimum absolute atomic E-state index is 0.0667. The maximum Gasteiger partial charge on any atom is 0.268 e. The summed E-state index contributed by atoms with van der Waals surface area (Å²) in [4.78, 5) is 25.1. The second-order valence-electron chi connectivity index (χ2n) is 3.31. The molecule has 1 aliphatic rings. The van der Waals surface area contributed by atoms with Gasteiger partial charge in [0.15, 0.2) is 5.82 Å². The lowest BCUT2D eigenvalue weighted by Gasteiger charge is -2.08. The predicted octanol–water partition coefficient (Wildman–Crippen LogP) is 0.193. The average Bonchev–Trinajstić information content (AvgIpc) is 2.59. The van der Waals surface area contributed by atoms with Crippen molar-refractivity contribution in [1.29, 1.82) is 0 Å². The van der Waals surface area contributed by atoms with Crippen LogP contribution >= 0.6 is 0 Å². The lowest BCUT2D eigenvalue weighted by molar-refractivity contribution is -0.121. The largest absolute Gasteiger partial charge is 0.344 e. The van der Waals surface area contributed by atoms with Crippen LogP contribution in [0.2, 0.25) is 0 Å². The molecule has 0 aromatic carbocycles. The van der Waals surface area contributed by atoms with Crippen LogP contribution in [0.5, 0.6) is 0 Å². The molecule has 0 bridgehead atoms. The van der Waals surface area contributed by atoms with Crippen LogP contribution in [-0.2, 0) is 11.2 Å². The molecule has 0 spiro atoms. The lowest BCUT2D eigenvalue weighted by Crippen LogP contribution is -2.29. The van der Waals surface area contributed by atoms with Gasteiger partial charge >= 0.3 is 0 Å². The number of hydrogen-bond donors (Lipinski definition) is 0. The molecule has 2 heterocycles. The van der Waals surface area contributed by atoms with Crippen LogP contribution in [-0.4, -0.2) is 40.6 Å². The zero-order valence-corrected chi connectivity index (χ0v) is 8.06. The minimum Gasteiger partial charge on any atom is -0.344 e. The summed E-state index contributed by atoms with van der Waals surface area (Å²) in [6.07, 6.45) is 3.67. The van der Waals surface area contributed by atoms with E-state index >= 15 is 0 Å². The highest BCUT2D eigenvalue weighted by atomic mass is 16.2. The SMILES string of the molecule is CN(C)C(=O)C1=Nc2ncncc2C1. The maximum absolute atomic E-state index is 11.6. The monoisotopic (exact) mass is 190 g/mol. The molecule has 0 unspecified atom stereocenters. The molecule has 0 atom stereocenters. The molecule has 1 aliphatic heterocycles. The molecule has 1 aromatic heterocycles. The van der Waals surface area contributed by atoms with Gasteiger partial charge in [0.2, 0.25) is 0 Å². The zero-order chi connectivity index (χ0) is 10.1. The second-order valence-corrected chi connectivity index (χ2v) is 3.31. The van der Waals surface area contributed by atoms with Gasteiger partial charge in [0.05, 0.1) is 0 Å². The van der Waals surface area contributed by atoms with E-state index in [9.17, 15) is 4.79 Å². The van der Waals surface area contributed by atoms with Crippen molar-refractivity contribution in [3.8, 4) is 0 Å². The summed E-state index contributed by atoms with van der Waals surface area (Å²) in [5.41, 5.74) is 1.45. The fourth-order valence-electron chi connectivity index (χ4n) is 1.31. The lowest BCUT2D eigenvalue weighted by atomic mass is 10.2. The van der Waals surface area contributed by atoms with Crippen LogP contribution in [0.1, 0.15) is 5.56 Å². The van der Waals surface area contributed by atoms with Crippen LogP contribution in [0.25, 0.3) is 0 Å². The Morgan fingerprint density at radius 3 is 2.93 bits per heavy atom. The Labute approximate surface area is 81.5 Å². The fourth-order valence-corrected chi connectivity index (χ4v) is 1.31. The van der Waals surface area contributed by atoms with Crippen LogP contribution in [0, 0.1) is 0 Å². The number of aromatic nitrogens is 2. The van der Waals surface area contributed by atoms with Crippen molar-refractivity contribution in [2.75, 3.05) is 14.1 Å². The number of fused-ring (bicyclic) bond motifs is 1. The van der Waals surface area contributed by atoms with E-state index in [4.69, 9.17) is 0 Å². The number of carbonyl (C=O) groups is 1. The molecule has 0 aliphatic carbocycles. The van der Waals surface area contributed by atoms with Gasteiger partial charge in [0.1, 0.15) is 12.0 Å². The van der Waals surface area contributed by atoms with E-state index in [0.717, 1.165) is 5.56 Å². The number of amides is 1. The molecule has 14 heavy (non-hydrogen) atoms. The molecule has 5 heteroatoms. The van der Waals surface area contributed by atoms with E-state index in [1.54, 1.807) is 20.3 Å². The van der Waals surface area contributed by atoms with Gasteiger partial charge in [0, 0.05) is 32.3 Å². The van der Waals surface area contributed by atoms with Gasteiger partial charge in [-0.25, -0.2) is 15.0 Å². The van der Waals surface area contributed by atoms with Gasteiger partial charge in [-0.05, 0) is 0 Å². The standard InChI is InChI=1S/C9H10N4O/c1-13(2)9(14)7-3-6-4-10-5-11-8(6)12-7/h4-5H,3H2,1-2H3. The molecule has 1 aromatic rings. The summed E-state index contributed by atoms with van der Waals surface area (Å²) in [7, 11) is 3.42. The van der Waals surface area contributed by atoms with Gasteiger partial charge in [-0.3, -0.25) is 4.79 Å². The van der Waals surface area contributed by atoms with Crippen molar-refractivity contribution in [2.24, 2.45) is 4.99 Å². The molecule has 0 saturated heterocycles. The first-order valence-electron chi connectivity index (χ1n) is 4.26. The van der Waals surface area contributed by atoms with Crippen LogP contribution in [0.3, 0.4) is 0 Å². The summed E-state index contributed by atoms with van der Waals surface area (Å²) in [6, 6.07) is 0. The molecule has 72 valence electrons. The summed E-state index contributed by atoms with van der Waals surface area (Å²) >= 11 is 0. The number of nitrogens with zero attached hydrogens (tertiary/aromatic N) is 4. The molecule has 5 nitrogen and oxygen atoms in total. The topological polar surface area (TPSA) is 58.5 Å². The van der Waals surface area contributed by atoms with Crippen LogP contribution in [0.4, 0.5) is 5.82 Å². The van der Waals surface area contributed by atoms with E-state index in [1.165, 1.54) is 11.2 Å². The third-order valence-electron chi connectivity index (χ3n) is 2.02. The van der Waals surface area contributed by atoms with Crippen molar-refractivity contribution in [2.45, 2.75) is 6.42 Å². The van der Waals surface area contributed by atoms with Crippen LogP contribution < -0.4 is 0 Å². The molecule has 0 N–H and O–H groups in total. The Balaban J connectivity index is 2.28. The number of hydrogen-bond acceptors (Lipinski definition) is 4. The van der Waals surface area contributed by atoms with Gasteiger partial charge in [-0.1, -0.05) is 0 Å². The summed E-state index contributed by atoms with van der Waals surface area (Å²) in [5.74, 6) is 0.549. The van der Waals surface area contributed by atoms with Crippen molar-refractivity contribution < 1.29 is 4.79 Å². The van der Waals surface area contributed by atoms with E-state index in [-0.39, 0.29) is 5.91 Å². The maximum atomic E-state index is 11.6. The molecular weight excluding hydrogens is 180 g/mol. The normalized spacial score (nSPS) is 13.4. The molecule has 0 fully saturated rings. The summed E-state index contributed by atoms with van der Waals surface area (Å²) in [6.45, 7) is 0. The highest BCUT2D eigenvalue weighted by Crippen LogP contribution is 2.22. The van der Waals surface area contributed by atoms with Gasteiger partial charge in [-0.15, -0.1) is 0 Å². The van der Waals surface area contributed by atoms with Crippen molar-refractivity contribution in [1.82, 2.24) is 14.9 Å². The van der Waals surface area contributed by atoms with Crippen molar-refractivity contribution >= 4 is 17.4 Å². The van der Waals surface area contributed by atoms with Crippen molar-refractivity contribution in [3.63, 3.8) is 0 Å². The van der Waals surface area contributed by atoms with E-state index in [2.05, 4.69) is 15.0 Å². The highest BCUT2D eigenvalue weighted by Gasteiger charge is 2.22. The quantitative estimate of drug-likeness (QED) is 0.635. The second kappa shape index (κ2) is 3.17. The smallest absolute Gasteiger partial charge is 0.268 e. The first kappa shape index (κ1) is 8.80. The molecule has 0 saturated carbocycles. The van der Waals surface area contributed by atoms with E-state index < -0.39 is 0 Å². The Bertz CT molecular complexity index is 411. The van der Waals surface area contributed by atoms with Gasteiger partial charge < -0.3 is 4.90 Å². The third-order valence-corrected chi connectivity index (χ3v) is 2.02. The molecular formula is C9H10N4O. The van der Waals surface area contributed by atoms with Gasteiger partial charge in [-0.2, -0.15) is 0 Å². The summed E-state index contributed by atoms with van der Waals surface area (Å²) < 4.78 is 0. The predicted molar refractivity (Wildman–Crippen MR) is 51.5 cm³/mol. The van der Waals surface area contributed by atoms with E-state index in [0.29, 0.717) is 18.0 Å². The minimum atomic E-state index is -0.0667. The number of aliphatic imine (C=N–C) groups is 1. The highest BCUT2D eigenvalue weighted by molar-refractivity contribution is 6.40. The number of carbonyl (C=O) groups excluding carboxylic acids is 1. The first-order chi connectivity index (χ1) is 6.68. The molecule has 0 radical (unpaired) electrons. The average molecular weight is 190 g/mol. The Morgan fingerprint density at radius 2 is 2.29 bits per heavy atom. The Morgan fingerprint density at radius 1 is 1.50 bits per heavy atom. The summed E-state index contributed by atoms with van der Waals surface area (Å²) in [5, 5.41) is 0. The first-order valence-corrected chi connectivity index (χ1v) is 4.26. The fraction of sp³-hybridized carbons (Fsp3) is 0.333. The number of rotatable bonds is 1. The van der Waals surface area contributed by atoms with Crippen molar-refractivity contribution in [3.05, 3.63) is 18.1 Å².